The van der Waals surface area contributed by atoms with Gasteiger partial charge in [-0.05, 0) is 25.5 Å². The number of carboxylic acid groups (broad SMARTS) is 1. The number of aryl methyl sites for hydroxylation is 1. The molecule has 0 radical (unpaired) electrons. The maximum absolute atomic E-state index is 12.2. The Bertz CT molecular complexity index is 633. The van der Waals surface area contributed by atoms with E-state index < -0.39 is 17.9 Å². The van der Waals surface area contributed by atoms with Crippen LogP contribution in [0.25, 0.3) is 10.8 Å². The SMILES string of the molecule is CCC[C@H](NC(=O)c1nc(-c2ccco2)sc1C)C(=O)O. The van der Waals surface area contributed by atoms with Crippen molar-refractivity contribution in [3.8, 4) is 10.8 Å². The van der Waals surface area contributed by atoms with Gasteiger partial charge in [-0.3, -0.25) is 4.79 Å². The van der Waals surface area contributed by atoms with Crippen LogP contribution in [0.2, 0.25) is 0 Å². The third kappa shape index (κ3) is 3.49. The van der Waals surface area contributed by atoms with Gasteiger partial charge in [-0.15, -0.1) is 11.3 Å². The highest BCUT2D eigenvalue weighted by Crippen LogP contribution is 2.27. The number of furan rings is 1. The van der Waals surface area contributed by atoms with Crippen molar-refractivity contribution in [1.82, 2.24) is 10.3 Å². The van der Waals surface area contributed by atoms with Crippen LogP contribution in [0.1, 0.15) is 35.1 Å². The highest BCUT2D eigenvalue weighted by Gasteiger charge is 2.23. The Hall–Kier alpha value is -2.15. The van der Waals surface area contributed by atoms with Crippen LogP contribution in [0, 0.1) is 6.92 Å². The first-order valence-corrected chi connectivity index (χ1v) is 7.39. The molecule has 6 nitrogen and oxygen atoms in total. The lowest BCUT2D eigenvalue weighted by atomic mass is 10.1. The molecule has 2 N–H and O–H groups in total. The lowest BCUT2D eigenvalue weighted by molar-refractivity contribution is -0.139. The molecule has 0 aliphatic carbocycles. The Kier molecular flexibility index (Phi) is 4.74. The van der Waals surface area contributed by atoms with Gasteiger partial charge in [0.15, 0.2) is 10.8 Å². The molecular formula is C14H16N2O4S. The first kappa shape index (κ1) is 15.2. The molecule has 0 saturated heterocycles. The molecule has 0 unspecified atom stereocenters. The second-order valence-corrected chi connectivity index (χ2v) is 5.76. The van der Waals surface area contributed by atoms with Gasteiger partial charge in [0.05, 0.1) is 6.26 Å². The summed E-state index contributed by atoms with van der Waals surface area (Å²) in [6.45, 7) is 3.64. The number of amides is 1. The summed E-state index contributed by atoms with van der Waals surface area (Å²) in [5.41, 5.74) is 0.244. The van der Waals surface area contributed by atoms with E-state index in [-0.39, 0.29) is 5.69 Å². The van der Waals surface area contributed by atoms with Gasteiger partial charge in [-0.25, -0.2) is 9.78 Å². The van der Waals surface area contributed by atoms with Crippen LogP contribution in [0.5, 0.6) is 0 Å². The van der Waals surface area contributed by atoms with Crippen LogP contribution in [0.4, 0.5) is 0 Å². The molecule has 1 amide bonds. The van der Waals surface area contributed by atoms with Crippen molar-refractivity contribution in [3.05, 3.63) is 29.0 Å². The third-order valence-electron chi connectivity index (χ3n) is 2.92. The average molecular weight is 308 g/mol. The summed E-state index contributed by atoms with van der Waals surface area (Å²) in [5, 5.41) is 12.2. The summed E-state index contributed by atoms with van der Waals surface area (Å²) in [6, 6.07) is 2.61. The van der Waals surface area contributed by atoms with Gasteiger partial charge in [0.25, 0.3) is 5.91 Å². The van der Waals surface area contributed by atoms with Gasteiger partial charge in [0.1, 0.15) is 11.7 Å². The number of carbonyl (C=O) groups excluding carboxylic acids is 1. The smallest absolute Gasteiger partial charge is 0.326 e. The summed E-state index contributed by atoms with van der Waals surface area (Å²) in [5.74, 6) is -0.919. The molecule has 0 spiro atoms. The van der Waals surface area contributed by atoms with Crippen molar-refractivity contribution >= 4 is 23.2 Å². The monoisotopic (exact) mass is 308 g/mol. The minimum Gasteiger partial charge on any atom is -0.480 e. The average Bonchev–Trinajstić information content (AvgIpc) is 3.06. The number of nitrogens with one attached hydrogen (secondary N) is 1. The molecule has 0 saturated carbocycles. The Balaban J connectivity index is 2.18. The van der Waals surface area contributed by atoms with E-state index in [1.807, 2.05) is 6.92 Å². The van der Waals surface area contributed by atoms with Gasteiger partial charge in [0.2, 0.25) is 0 Å². The predicted octanol–water partition coefficient (Wildman–Crippen LogP) is 2.69. The molecule has 7 heteroatoms. The fourth-order valence-corrected chi connectivity index (χ4v) is 2.76. The Morgan fingerprint density at radius 2 is 2.29 bits per heavy atom. The van der Waals surface area contributed by atoms with Crippen LogP contribution < -0.4 is 5.32 Å². The van der Waals surface area contributed by atoms with Crippen LogP contribution in [-0.2, 0) is 4.79 Å². The van der Waals surface area contributed by atoms with Crippen molar-refractivity contribution in [2.45, 2.75) is 32.7 Å². The largest absolute Gasteiger partial charge is 0.480 e. The molecule has 2 aromatic rings. The van der Waals surface area contributed by atoms with Crippen molar-refractivity contribution in [1.29, 1.82) is 0 Å². The number of carbonyl (C=O) groups is 2. The minimum absolute atomic E-state index is 0.244. The molecule has 0 aliphatic rings. The van der Waals surface area contributed by atoms with Gasteiger partial charge >= 0.3 is 5.97 Å². The second-order valence-electron chi connectivity index (χ2n) is 4.55. The molecule has 112 valence electrons. The van der Waals surface area contributed by atoms with Gasteiger partial charge in [0, 0.05) is 4.88 Å². The molecule has 0 bridgehead atoms. The molecule has 0 aliphatic heterocycles. The summed E-state index contributed by atoms with van der Waals surface area (Å²) >= 11 is 1.34. The number of hydrogen-bond donors (Lipinski definition) is 2. The molecular weight excluding hydrogens is 292 g/mol. The minimum atomic E-state index is -1.04. The number of carboxylic acids is 1. The van der Waals surface area contributed by atoms with E-state index >= 15 is 0 Å². The molecule has 2 rings (SSSR count). The fourth-order valence-electron chi connectivity index (χ4n) is 1.89. The number of rotatable bonds is 6. The lowest BCUT2D eigenvalue weighted by Gasteiger charge is -2.12. The van der Waals surface area contributed by atoms with E-state index in [2.05, 4.69) is 10.3 Å². The number of thiazole rings is 1. The first-order valence-electron chi connectivity index (χ1n) is 6.58. The van der Waals surface area contributed by atoms with Gasteiger partial charge in [-0.1, -0.05) is 13.3 Å². The summed E-state index contributed by atoms with van der Waals surface area (Å²) < 4.78 is 5.25. The van der Waals surface area contributed by atoms with E-state index in [0.29, 0.717) is 23.6 Å². The molecule has 2 heterocycles. The van der Waals surface area contributed by atoms with Crippen molar-refractivity contribution in [2.24, 2.45) is 0 Å². The Labute approximate surface area is 125 Å². The highest BCUT2D eigenvalue weighted by atomic mass is 32.1. The van der Waals surface area contributed by atoms with Crippen LogP contribution in [0.15, 0.2) is 22.8 Å². The van der Waals surface area contributed by atoms with E-state index in [0.717, 1.165) is 4.88 Å². The van der Waals surface area contributed by atoms with Gasteiger partial charge in [-0.2, -0.15) is 0 Å². The molecule has 0 fully saturated rings. The van der Waals surface area contributed by atoms with E-state index in [9.17, 15) is 9.59 Å². The standard InChI is InChI=1S/C14H16N2O4S/c1-3-5-9(14(18)19)15-12(17)11-8(2)21-13(16-11)10-6-4-7-20-10/h4,6-7,9H,3,5H2,1-2H3,(H,15,17)(H,18,19)/t9-/m0/s1. The Morgan fingerprint density at radius 1 is 1.52 bits per heavy atom. The molecule has 1 atom stereocenters. The van der Waals surface area contributed by atoms with Crippen LogP contribution >= 0.6 is 11.3 Å². The van der Waals surface area contributed by atoms with E-state index in [4.69, 9.17) is 9.52 Å². The number of aromatic nitrogens is 1. The van der Waals surface area contributed by atoms with Crippen LogP contribution in [0.3, 0.4) is 0 Å². The predicted molar refractivity (Wildman–Crippen MR) is 78.4 cm³/mol. The maximum atomic E-state index is 12.2. The van der Waals surface area contributed by atoms with E-state index in [1.54, 1.807) is 19.1 Å². The summed E-state index contributed by atoms with van der Waals surface area (Å²) in [6.07, 6.45) is 2.59. The molecule has 2 aromatic heterocycles. The zero-order valence-electron chi connectivity index (χ0n) is 11.8. The second kappa shape index (κ2) is 6.53. The van der Waals surface area contributed by atoms with E-state index in [1.165, 1.54) is 17.6 Å². The summed E-state index contributed by atoms with van der Waals surface area (Å²) in [4.78, 5) is 28.2. The molecule has 21 heavy (non-hydrogen) atoms. The van der Waals surface area contributed by atoms with Crippen molar-refractivity contribution < 1.29 is 19.1 Å². The van der Waals surface area contributed by atoms with Crippen molar-refractivity contribution in [2.75, 3.05) is 0 Å². The normalized spacial score (nSPS) is 12.1. The van der Waals surface area contributed by atoms with Crippen LogP contribution in [-0.4, -0.2) is 28.0 Å². The fraction of sp³-hybridized carbons (Fsp3) is 0.357. The topological polar surface area (TPSA) is 92.4 Å². The zero-order chi connectivity index (χ0) is 15.4. The zero-order valence-corrected chi connectivity index (χ0v) is 12.6. The van der Waals surface area contributed by atoms with Crippen molar-refractivity contribution in [3.63, 3.8) is 0 Å². The first-order chi connectivity index (χ1) is 10.0. The van der Waals surface area contributed by atoms with Gasteiger partial charge < -0.3 is 14.8 Å². The Morgan fingerprint density at radius 3 is 2.86 bits per heavy atom. The molecule has 0 aromatic carbocycles. The highest BCUT2D eigenvalue weighted by molar-refractivity contribution is 7.15. The third-order valence-corrected chi connectivity index (χ3v) is 3.91. The number of nitrogens with zero attached hydrogens (tertiary/aromatic N) is 1. The maximum Gasteiger partial charge on any atom is 0.326 e. The number of aliphatic carboxylic acids is 1. The lowest BCUT2D eigenvalue weighted by Crippen LogP contribution is -2.41. The quantitative estimate of drug-likeness (QED) is 0.856. The number of hydrogen-bond acceptors (Lipinski definition) is 5. The summed E-state index contributed by atoms with van der Waals surface area (Å²) in [7, 11) is 0.